The third-order valence-corrected chi connectivity index (χ3v) is 4.21. The van der Waals surface area contributed by atoms with E-state index in [1.54, 1.807) is 0 Å². The van der Waals surface area contributed by atoms with Crippen molar-refractivity contribution in [1.82, 2.24) is 4.90 Å². The minimum Gasteiger partial charge on any atom is -0.506 e. The van der Waals surface area contributed by atoms with Crippen molar-refractivity contribution in [2.45, 2.75) is 12.8 Å². The lowest BCUT2D eigenvalue weighted by atomic mass is 10.1. The number of aliphatic carboxylic acids is 1. The van der Waals surface area contributed by atoms with Crippen LogP contribution in [0.4, 0.5) is 0 Å². The summed E-state index contributed by atoms with van der Waals surface area (Å²) in [5, 5.41) is 18.3. The van der Waals surface area contributed by atoms with Gasteiger partial charge in [0.05, 0.1) is 13.6 Å². The first-order valence-corrected chi connectivity index (χ1v) is 7.63. The summed E-state index contributed by atoms with van der Waals surface area (Å²) in [5.41, 5.74) is 1.16. The minimum absolute atomic E-state index is 0.168. The highest BCUT2D eigenvalue weighted by Crippen LogP contribution is 2.27. The quantitative estimate of drug-likeness (QED) is 0.622. The Morgan fingerprint density at radius 1 is 1.28 bits per heavy atom. The first kappa shape index (κ1) is 16.0. The third kappa shape index (κ3) is 5.27. The predicted octanol–water partition coefficient (Wildman–Crippen LogP) is 2.55. The van der Waals surface area contributed by atoms with Crippen LogP contribution in [-0.2, 0) is 11.2 Å². The molecule has 2 N–H and O–H groups in total. The fraction of sp³-hybridized carbons (Fsp3) is 0.417. The maximum atomic E-state index is 10.4. The molecular weight excluding hydrogens is 460 g/mol. The first-order chi connectivity index (χ1) is 8.40. The lowest BCUT2D eigenvalue weighted by molar-refractivity contribution is -0.137. The lowest BCUT2D eigenvalue weighted by Crippen LogP contribution is -2.24. The average molecular weight is 475 g/mol. The van der Waals surface area contributed by atoms with Crippen LogP contribution in [-0.4, -0.2) is 41.2 Å². The molecule has 0 aliphatic carbocycles. The molecule has 0 amide bonds. The molecule has 0 aromatic heterocycles. The van der Waals surface area contributed by atoms with E-state index >= 15 is 0 Å². The van der Waals surface area contributed by atoms with Crippen LogP contribution in [0, 0.1) is 7.14 Å². The number of aromatic hydroxyl groups is 1. The van der Waals surface area contributed by atoms with Crippen LogP contribution in [0.1, 0.15) is 12.0 Å². The number of benzene rings is 1. The predicted molar refractivity (Wildman–Crippen MR) is 87.0 cm³/mol. The Bertz CT molecular complexity index is 414. The van der Waals surface area contributed by atoms with Gasteiger partial charge >= 0.3 is 5.97 Å². The molecule has 1 rings (SSSR count). The van der Waals surface area contributed by atoms with Crippen LogP contribution in [0.3, 0.4) is 0 Å². The fourth-order valence-electron chi connectivity index (χ4n) is 1.48. The van der Waals surface area contributed by atoms with E-state index < -0.39 is 5.97 Å². The number of halogens is 2. The topological polar surface area (TPSA) is 60.8 Å². The smallest absolute Gasteiger partial charge is 0.304 e. The second-order valence-corrected chi connectivity index (χ2v) is 6.43. The molecule has 0 bridgehead atoms. The molecule has 1 aromatic carbocycles. The zero-order valence-corrected chi connectivity index (χ0v) is 14.3. The summed E-state index contributed by atoms with van der Waals surface area (Å²) in [7, 11) is 1.92. The van der Waals surface area contributed by atoms with Crippen LogP contribution >= 0.6 is 45.2 Å². The summed E-state index contributed by atoms with van der Waals surface area (Å²) in [6.45, 7) is 1.37. The Morgan fingerprint density at radius 3 is 2.33 bits per heavy atom. The Labute approximate surface area is 134 Å². The molecule has 0 unspecified atom stereocenters. The molecule has 100 valence electrons. The van der Waals surface area contributed by atoms with Gasteiger partial charge in [0.1, 0.15) is 5.75 Å². The minimum atomic E-state index is -0.768. The van der Waals surface area contributed by atoms with Crippen molar-refractivity contribution in [3.8, 4) is 5.75 Å². The number of carbonyl (C=O) groups is 1. The van der Waals surface area contributed by atoms with Crippen LogP contribution in [0.5, 0.6) is 5.75 Å². The molecule has 0 aliphatic rings. The number of carboxylic acids is 1. The first-order valence-electron chi connectivity index (χ1n) is 5.47. The van der Waals surface area contributed by atoms with E-state index in [1.807, 2.05) is 24.1 Å². The maximum Gasteiger partial charge on any atom is 0.304 e. The van der Waals surface area contributed by atoms with Gasteiger partial charge in [0.2, 0.25) is 0 Å². The van der Waals surface area contributed by atoms with Crippen molar-refractivity contribution in [2.75, 3.05) is 20.1 Å². The van der Waals surface area contributed by atoms with Gasteiger partial charge in [0.15, 0.2) is 0 Å². The monoisotopic (exact) mass is 475 g/mol. The van der Waals surface area contributed by atoms with Crippen molar-refractivity contribution < 1.29 is 15.0 Å². The second-order valence-electron chi connectivity index (χ2n) is 4.11. The summed E-state index contributed by atoms with van der Waals surface area (Å²) in [6.07, 6.45) is 1.02. The van der Waals surface area contributed by atoms with Crippen LogP contribution in [0.25, 0.3) is 0 Å². The highest BCUT2D eigenvalue weighted by atomic mass is 127. The van der Waals surface area contributed by atoms with Gasteiger partial charge in [-0.2, -0.15) is 0 Å². The number of nitrogens with zero attached hydrogens (tertiary/aromatic N) is 1. The van der Waals surface area contributed by atoms with Gasteiger partial charge in [-0.25, -0.2) is 0 Å². The van der Waals surface area contributed by atoms with Crippen molar-refractivity contribution >= 4 is 51.2 Å². The third-order valence-electron chi connectivity index (χ3n) is 2.57. The Hall–Kier alpha value is -0.0900. The standard InChI is InChI=1S/C12H15I2NO3/c1-15(5-3-11(16)17)4-2-8-6-9(13)12(18)10(14)7-8/h6-7,18H,2-5H2,1H3,(H,16,17). The van der Waals surface area contributed by atoms with E-state index in [0.717, 1.165) is 25.7 Å². The second kappa shape index (κ2) is 7.49. The molecule has 6 heteroatoms. The molecule has 1 aromatic rings. The summed E-state index contributed by atoms with van der Waals surface area (Å²) < 4.78 is 1.70. The Balaban J connectivity index is 2.51. The Morgan fingerprint density at radius 2 is 1.83 bits per heavy atom. The van der Waals surface area contributed by atoms with Crippen molar-refractivity contribution in [3.05, 3.63) is 24.8 Å². The number of hydrogen-bond acceptors (Lipinski definition) is 3. The molecule has 0 radical (unpaired) electrons. The van der Waals surface area contributed by atoms with E-state index in [4.69, 9.17) is 5.11 Å². The van der Waals surface area contributed by atoms with Crippen molar-refractivity contribution in [3.63, 3.8) is 0 Å². The summed E-state index contributed by atoms with van der Waals surface area (Å²) in [5.74, 6) is -0.435. The highest BCUT2D eigenvalue weighted by Gasteiger charge is 2.07. The van der Waals surface area contributed by atoms with E-state index in [2.05, 4.69) is 45.2 Å². The number of carboxylic acid groups (broad SMARTS) is 1. The number of phenolic OH excluding ortho intramolecular Hbond substituents is 1. The van der Waals surface area contributed by atoms with Crippen LogP contribution in [0.15, 0.2) is 12.1 Å². The molecule has 0 saturated carbocycles. The van der Waals surface area contributed by atoms with Gasteiger partial charge in [-0.15, -0.1) is 0 Å². The van der Waals surface area contributed by atoms with Gasteiger partial charge in [0.25, 0.3) is 0 Å². The van der Waals surface area contributed by atoms with E-state index in [9.17, 15) is 9.90 Å². The molecule has 0 heterocycles. The van der Waals surface area contributed by atoms with Gasteiger partial charge in [-0.3, -0.25) is 4.79 Å². The SMILES string of the molecule is CN(CCC(=O)O)CCc1cc(I)c(O)c(I)c1. The van der Waals surface area contributed by atoms with Gasteiger partial charge in [0, 0.05) is 13.1 Å². The number of hydrogen-bond donors (Lipinski definition) is 2. The molecular formula is C12H15I2NO3. The summed E-state index contributed by atoms with van der Waals surface area (Å²) in [6, 6.07) is 3.92. The zero-order chi connectivity index (χ0) is 13.7. The summed E-state index contributed by atoms with van der Waals surface area (Å²) >= 11 is 4.22. The fourth-order valence-corrected chi connectivity index (χ4v) is 3.38. The molecule has 0 spiro atoms. The molecule has 0 fully saturated rings. The van der Waals surface area contributed by atoms with Gasteiger partial charge < -0.3 is 15.1 Å². The molecule has 0 atom stereocenters. The number of likely N-dealkylation sites (N-methyl/N-ethyl adjacent to an activating group) is 1. The highest BCUT2D eigenvalue weighted by molar-refractivity contribution is 14.1. The summed E-state index contributed by atoms with van der Waals surface area (Å²) in [4.78, 5) is 12.4. The van der Waals surface area contributed by atoms with Crippen LogP contribution < -0.4 is 0 Å². The molecule has 4 nitrogen and oxygen atoms in total. The molecule has 0 saturated heterocycles. The largest absolute Gasteiger partial charge is 0.506 e. The van der Waals surface area contributed by atoms with E-state index in [0.29, 0.717) is 12.3 Å². The van der Waals surface area contributed by atoms with E-state index in [1.165, 1.54) is 0 Å². The van der Waals surface area contributed by atoms with Gasteiger partial charge in [-0.05, 0) is 76.3 Å². The average Bonchev–Trinajstić information content (AvgIpc) is 2.30. The normalized spacial score (nSPS) is 10.9. The molecule has 0 aliphatic heterocycles. The lowest BCUT2D eigenvalue weighted by Gasteiger charge is -2.15. The molecule has 18 heavy (non-hydrogen) atoms. The Kier molecular flexibility index (Phi) is 6.64. The maximum absolute atomic E-state index is 10.4. The number of phenols is 1. The van der Waals surface area contributed by atoms with Gasteiger partial charge in [-0.1, -0.05) is 0 Å². The van der Waals surface area contributed by atoms with Crippen molar-refractivity contribution in [1.29, 1.82) is 0 Å². The number of rotatable bonds is 6. The van der Waals surface area contributed by atoms with Crippen LogP contribution in [0.2, 0.25) is 0 Å². The van der Waals surface area contributed by atoms with E-state index in [-0.39, 0.29) is 6.42 Å². The van der Waals surface area contributed by atoms with Crippen molar-refractivity contribution in [2.24, 2.45) is 0 Å². The zero-order valence-electron chi connectivity index (χ0n) is 9.99.